The highest BCUT2D eigenvalue weighted by atomic mass is 32.1. The molecule has 1 aromatic carbocycles. The Hall–Kier alpha value is -1.46. The maximum absolute atomic E-state index is 2.55. The van der Waals surface area contributed by atoms with Crippen molar-refractivity contribution in [1.29, 1.82) is 0 Å². The summed E-state index contributed by atoms with van der Waals surface area (Å²) in [6.07, 6.45) is 42.3. The maximum atomic E-state index is 2.55. The first-order valence-corrected chi connectivity index (χ1v) is 27.8. The van der Waals surface area contributed by atoms with Crippen molar-refractivity contribution < 1.29 is 0 Å². The molecule has 322 valence electrons. The third-order valence-electron chi connectivity index (χ3n) is 12.9. The van der Waals surface area contributed by atoms with Crippen molar-refractivity contribution in [2.75, 3.05) is 0 Å². The molecule has 0 amide bonds. The Morgan fingerprint density at radius 2 is 0.603 bits per heavy atom. The molecule has 5 rings (SSSR count). The van der Waals surface area contributed by atoms with Gasteiger partial charge in [-0.05, 0) is 111 Å². The second-order valence-electron chi connectivity index (χ2n) is 18.1. The van der Waals surface area contributed by atoms with Crippen LogP contribution >= 0.6 is 45.3 Å². The first kappa shape index (κ1) is 47.6. The van der Waals surface area contributed by atoms with Crippen LogP contribution in [0.15, 0.2) is 24.3 Å². The summed E-state index contributed by atoms with van der Waals surface area (Å²) in [5.41, 5.74) is 6.15. The van der Waals surface area contributed by atoms with Crippen molar-refractivity contribution in [3.63, 3.8) is 0 Å². The van der Waals surface area contributed by atoms with Crippen LogP contribution in [0.4, 0.5) is 0 Å². The third-order valence-corrected chi connectivity index (χ3v) is 17.9. The molecular formula is C54H82S4. The molecule has 4 aromatic heterocycles. The number of aryl methyl sites for hydroxylation is 6. The standard InChI is InChI=1S/C54H82S4/c1-7-9-11-13-15-17-19-21-23-25-27-29-31-33-35-45-37-41(3)55-53(45)49-39-47-43(5)52-48(44(6)51(47)57-49)40-50(58-52)54-46(38-42(4)56-54)36-34-32-30-28-26-24-22-20-18-16-14-12-10-8-2/h37-40H,7-36H2,1-6H3. The Labute approximate surface area is 373 Å². The van der Waals surface area contributed by atoms with Crippen molar-refractivity contribution in [2.45, 2.75) is 234 Å². The fourth-order valence-electron chi connectivity index (χ4n) is 9.31. The summed E-state index contributed by atoms with van der Waals surface area (Å²) in [7, 11) is 0. The number of hydrogen-bond acceptors (Lipinski definition) is 4. The molecular weight excluding hydrogens is 777 g/mol. The van der Waals surface area contributed by atoms with Gasteiger partial charge in [-0.25, -0.2) is 0 Å². The lowest BCUT2D eigenvalue weighted by molar-refractivity contribution is 0.535. The molecule has 0 unspecified atom stereocenters. The summed E-state index contributed by atoms with van der Waals surface area (Å²) in [5, 5.41) is 2.97. The van der Waals surface area contributed by atoms with Gasteiger partial charge in [0, 0.05) is 38.7 Å². The lowest BCUT2D eigenvalue weighted by atomic mass is 10.0. The molecule has 0 aliphatic rings. The summed E-state index contributed by atoms with van der Waals surface area (Å²) < 4.78 is 3.01. The first-order valence-electron chi connectivity index (χ1n) is 24.6. The fraction of sp³-hybridized carbons (Fsp3) is 0.667. The van der Waals surface area contributed by atoms with E-state index in [1.807, 2.05) is 22.7 Å². The van der Waals surface area contributed by atoms with Crippen LogP contribution < -0.4 is 0 Å². The second kappa shape index (κ2) is 26.8. The average Bonchev–Trinajstić information content (AvgIpc) is 4.02. The number of benzene rings is 1. The molecule has 0 atom stereocenters. The quantitative estimate of drug-likeness (QED) is 0.0378. The average molecular weight is 860 g/mol. The normalized spacial score (nSPS) is 12.0. The number of hydrogen-bond donors (Lipinski definition) is 0. The van der Waals surface area contributed by atoms with Crippen LogP contribution in [-0.2, 0) is 12.8 Å². The minimum absolute atomic E-state index is 1.23. The molecule has 0 spiro atoms. The van der Waals surface area contributed by atoms with Crippen molar-refractivity contribution >= 4 is 65.5 Å². The third kappa shape index (κ3) is 14.9. The number of thiophene rings is 4. The van der Waals surface area contributed by atoms with Gasteiger partial charge in [-0.1, -0.05) is 181 Å². The van der Waals surface area contributed by atoms with E-state index in [0.717, 1.165) is 0 Å². The summed E-state index contributed by atoms with van der Waals surface area (Å²) in [6.45, 7) is 14.0. The van der Waals surface area contributed by atoms with Gasteiger partial charge in [0.1, 0.15) is 0 Å². The van der Waals surface area contributed by atoms with Crippen LogP contribution in [0.2, 0.25) is 0 Å². The molecule has 0 saturated carbocycles. The van der Waals surface area contributed by atoms with E-state index in [9.17, 15) is 0 Å². The van der Waals surface area contributed by atoms with Gasteiger partial charge in [-0.2, -0.15) is 0 Å². The van der Waals surface area contributed by atoms with E-state index in [4.69, 9.17) is 0 Å². The molecule has 4 heteroatoms. The van der Waals surface area contributed by atoms with Crippen LogP contribution in [-0.4, -0.2) is 0 Å². The predicted octanol–water partition coefficient (Wildman–Crippen LogP) is 20.9. The van der Waals surface area contributed by atoms with E-state index < -0.39 is 0 Å². The lowest BCUT2D eigenvalue weighted by Crippen LogP contribution is -1.87. The fourth-order valence-corrected chi connectivity index (χ4v) is 14.2. The Morgan fingerprint density at radius 3 is 0.897 bits per heavy atom. The number of unbranched alkanes of at least 4 members (excludes halogenated alkanes) is 26. The van der Waals surface area contributed by atoms with E-state index in [0.29, 0.717) is 0 Å². The molecule has 0 aliphatic carbocycles. The zero-order chi connectivity index (χ0) is 41.0. The zero-order valence-corrected chi connectivity index (χ0v) is 41.4. The van der Waals surface area contributed by atoms with E-state index >= 15 is 0 Å². The van der Waals surface area contributed by atoms with Gasteiger partial charge >= 0.3 is 0 Å². The molecule has 0 radical (unpaired) electrons. The van der Waals surface area contributed by atoms with E-state index in [1.54, 1.807) is 20.9 Å². The molecule has 0 bridgehead atoms. The summed E-state index contributed by atoms with van der Waals surface area (Å²) in [5.74, 6) is 0. The number of rotatable bonds is 32. The Bertz CT molecular complexity index is 1680. The Morgan fingerprint density at radius 1 is 0.328 bits per heavy atom. The van der Waals surface area contributed by atoms with Crippen LogP contribution in [0.5, 0.6) is 0 Å². The summed E-state index contributed by atoms with van der Waals surface area (Å²) in [4.78, 5) is 8.98. The molecule has 0 aliphatic heterocycles. The summed E-state index contributed by atoms with van der Waals surface area (Å²) in [6, 6.07) is 10.1. The van der Waals surface area contributed by atoms with E-state index in [2.05, 4.69) is 88.5 Å². The largest absolute Gasteiger partial charge is 0.139 e. The molecule has 5 aromatic rings. The molecule has 0 fully saturated rings. The van der Waals surface area contributed by atoms with Gasteiger partial charge in [0.2, 0.25) is 0 Å². The second-order valence-corrected chi connectivity index (χ2v) is 22.7. The topological polar surface area (TPSA) is 0 Å². The first-order chi connectivity index (χ1) is 28.4. The van der Waals surface area contributed by atoms with Crippen LogP contribution in [0, 0.1) is 27.7 Å². The number of fused-ring (bicyclic) bond motifs is 2. The van der Waals surface area contributed by atoms with Gasteiger partial charge in [-0.3, -0.25) is 0 Å². The van der Waals surface area contributed by atoms with Gasteiger partial charge in [0.05, 0.1) is 0 Å². The van der Waals surface area contributed by atoms with Gasteiger partial charge in [0.25, 0.3) is 0 Å². The van der Waals surface area contributed by atoms with E-state index in [1.165, 1.54) is 243 Å². The molecule has 0 N–H and O–H groups in total. The predicted molar refractivity (Wildman–Crippen MR) is 271 cm³/mol. The van der Waals surface area contributed by atoms with Crippen molar-refractivity contribution in [3.8, 4) is 19.5 Å². The van der Waals surface area contributed by atoms with Crippen LogP contribution in [0.1, 0.15) is 226 Å². The van der Waals surface area contributed by atoms with Gasteiger partial charge in [0.15, 0.2) is 0 Å². The monoisotopic (exact) mass is 859 g/mol. The van der Waals surface area contributed by atoms with Crippen LogP contribution in [0.3, 0.4) is 0 Å². The SMILES string of the molecule is CCCCCCCCCCCCCCCCc1cc(C)sc1-c1cc2c(C)c3sc(-c4sc(C)cc4CCCCCCCCCCCCCCCC)cc3c(C)c2s1. The Balaban J connectivity index is 1.09. The molecule has 0 nitrogen and oxygen atoms in total. The minimum Gasteiger partial charge on any atom is -0.139 e. The van der Waals surface area contributed by atoms with Crippen molar-refractivity contribution in [1.82, 2.24) is 0 Å². The molecule has 58 heavy (non-hydrogen) atoms. The maximum Gasteiger partial charge on any atom is 0.0477 e. The minimum atomic E-state index is 1.23. The highest BCUT2D eigenvalue weighted by Gasteiger charge is 2.20. The Kier molecular flexibility index (Phi) is 22.0. The van der Waals surface area contributed by atoms with Gasteiger partial charge in [-0.15, -0.1) is 45.3 Å². The highest BCUT2D eigenvalue weighted by molar-refractivity contribution is 7.28. The lowest BCUT2D eigenvalue weighted by Gasteiger charge is -2.04. The summed E-state index contributed by atoms with van der Waals surface area (Å²) >= 11 is 8.15. The molecule has 0 saturated heterocycles. The van der Waals surface area contributed by atoms with Gasteiger partial charge < -0.3 is 0 Å². The van der Waals surface area contributed by atoms with Crippen molar-refractivity contribution in [2.24, 2.45) is 0 Å². The van der Waals surface area contributed by atoms with Crippen LogP contribution in [0.25, 0.3) is 39.7 Å². The molecule has 4 heterocycles. The smallest absolute Gasteiger partial charge is 0.0477 e. The van der Waals surface area contributed by atoms with Crippen molar-refractivity contribution in [3.05, 3.63) is 56.3 Å². The highest BCUT2D eigenvalue weighted by Crippen LogP contribution is 2.48. The van der Waals surface area contributed by atoms with E-state index in [-0.39, 0.29) is 0 Å². The zero-order valence-electron chi connectivity index (χ0n) is 38.2.